The number of aliphatic hydroxyl groups excluding tert-OH is 1. The van der Waals surface area contributed by atoms with E-state index in [0.29, 0.717) is 28.3 Å². The molecular formula is C23H17N3O5. The molecule has 8 nitrogen and oxygen atoms in total. The minimum atomic E-state index is -0.782. The maximum atomic E-state index is 13.0. The fourth-order valence-corrected chi connectivity index (χ4v) is 3.80. The normalized spacial score (nSPS) is 19.1. The Morgan fingerprint density at radius 1 is 1.03 bits per heavy atom. The van der Waals surface area contributed by atoms with Crippen molar-refractivity contribution in [3.8, 4) is 11.5 Å². The Bertz CT molecular complexity index is 1190. The van der Waals surface area contributed by atoms with Gasteiger partial charge in [-0.25, -0.2) is 0 Å². The summed E-state index contributed by atoms with van der Waals surface area (Å²) in [4.78, 5) is 35.7. The van der Waals surface area contributed by atoms with Crippen LogP contribution in [-0.4, -0.2) is 38.5 Å². The lowest BCUT2D eigenvalue weighted by molar-refractivity contribution is -0.140. The number of ether oxygens (including phenoxy) is 2. The second-order valence-corrected chi connectivity index (χ2v) is 7.10. The molecule has 154 valence electrons. The molecule has 0 saturated carbocycles. The lowest BCUT2D eigenvalue weighted by atomic mass is 9.96. The number of likely N-dealkylation sites (tertiary alicyclic amines) is 1. The standard InChI is InChI=1S/C23H17N3O5/c27-21(15-4-5-17-18(11-15)31-13-30-17)19-20(14-6-9-24-10-7-14)26(23(29)22(19)28)12-16-3-1-2-8-25-16/h1-11,20,27H,12-13H2/b21-19-. The summed E-state index contributed by atoms with van der Waals surface area (Å²) in [5, 5.41) is 11.1. The molecule has 8 heteroatoms. The van der Waals surface area contributed by atoms with Crippen molar-refractivity contribution in [3.05, 3.63) is 89.5 Å². The number of amides is 1. The van der Waals surface area contributed by atoms with Crippen molar-refractivity contribution in [2.45, 2.75) is 12.6 Å². The molecule has 1 unspecified atom stereocenters. The third-order valence-corrected chi connectivity index (χ3v) is 5.27. The van der Waals surface area contributed by atoms with Gasteiger partial charge in [0.1, 0.15) is 5.76 Å². The number of carbonyl (C=O) groups excluding carboxylic acids is 2. The van der Waals surface area contributed by atoms with Crippen LogP contribution in [0.4, 0.5) is 0 Å². The molecule has 2 aliphatic heterocycles. The van der Waals surface area contributed by atoms with Crippen molar-refractivity contribution in [1.82, 2.24) is 14.9 Å². The number of aliphatic hydroxyl groups is 1. The van der Waals surface area contributed by atoms with Gasteiger partial charge in [-0.2, -0.15) is 0 Å². The van der Waals surface area contributed by atoms with Crippen molar-refractivity contribution in [3.63, 3.8) is 0 Å². The fraction of sp³-hybridized carbons (Fsp3) is 0.130. The zero-order valence-corrected chi connectivity index (χ0v) is 16.3. The average Bonchev–Trinajstić information content (AvgIpc) is 3.38. The highest BCUT2D eigenvalue weighted by Gasteiger charge is 2.46. The van der Waals surface area contributed by atoms with Crippen LogP contribution < -0.4 is 9.47 Å². The molecule has 1 fully saturated rings. The second-order valence-electron chi connectivity index (χ2n) is 7.10. The number of Topliss-reactive ketones (excluding diaryl/α,β-unsaturated/α-hetero) is 1. The first-order valence-corrected chi connectivity index (χ1v) is 9.62. The van der Waals surface area contributed by atoms with Gasteiger partial charge < -0.3 is 19.5 Å². The third-order valence-electron chi connectivity index (χ3n) is 5.27. The molecule has 1 saturated heterocycles. The van der Waals surface area contributed by atoms with Crippen LogP contribution in [0.15, 0.2) is 72.7 Å². The Morgan fingerprint density at radius 3 is 2.61 bits per heavy atom. The maximum absolute atomic E-state index is 13.0. The molecule has 0 radical (unpaired) electrons. The lowest BCUT2D eigenvalue weighted by Gasteiger charge is -2.25. The first-order valence-electron chi connectivity index (χ1n) is 9.62. The van der Waals surface area contributed by atoms with Crippen LogP contribution in [0.1, 0.15) is 22.9 Å². The molecule has 1 atom stereocenters. The van der Waals surface area contributed by atoms with Gasteiger partial charge in [-0.3, -0.25) is 19.6 Å². The van der Waals surface area contributed by atoms with Gasteiger partial charge in [0.2, 0.25) is 6.79 Å². The van der Waals surface area contributed by atoms with Crippen molar-refractivity contribution >= 4 is 17.4 Å². The number of carbonyl (C=O) groups is 2. The number of rotatable bonds is 4. The smallest absolute Gasteiger partial charge is 0.296 e. The van der Waals surface area contributed by atoms with Gasteiger partial charge in [-0.05, 0) is 48.0 Å². The van der Waals surface area contributed by atoms with Gasteiger partial charge in [-0.1, -0.05) is 6.07 Å². The van der Waals surface area contributed by atoms with E-state index in [2.05, 4.69) is 9.97 Å². The predicted molar refractivity (Wildman–Crippen MR) is 109 cm³/mol. The number of hydrogen-bond donors (Lipinski definition) is 1. The third kappa shape index (κ3) is 3.28. The lowest BCUT2D eigenvalue weighted by Crippen LogP contribution is -2.29. The topological polar surface area (TPSA) is 102 Å². The number of ketones is 1. The average molecular weight is 415 g/mol. The molecule has 0 spiro atoms. The first-order chi connectivity index (χ1) is 15.1. The summed E-state index contributed by atoms with van der Waals surface area (Å²) >= 11 is 0. The fourth-order valence-electron chi connectivity index (χ4n) is 3.80. The van der Waals surface area contributed by atoms with Gasteiger partial charge in [0.15, 0.2) is 11.5 Å². The number of hydrogen-bond acceptors (Lipinski definition) is 7. The first kappa shape index (κ1) is 18.8. The minimum absolute atomic E-state index is 0.00555. The van der Waals surface area contributed by atoms with Crippen LogP contribution in [-0.2, 0) is 16.1 Å². The molecular weight excluding hydrogens is 398 g/mol. The Hall–Kier alpha value is -4.20. The molecule has 4 heterocycles. The van der Waals surface area contributed by atoms with Crippen LogP contribution in [0, 0.1) is 0 Å². The summed E-state index contributed by atoms with van der Waals surface area (Å²) < 4.78 is 10.7. The molecule has 0 bridgehead atoms. The minimum Gasteiger partial charge on any atom is -0.507 e. The van der Waals surface area contributed by atoms with Crippen molar-refractivity contribution in [1.29, 1.82) is 0 Å². The van der Waals surface area contributed by atoms with E-state index in [1.165, 1.54) is 4.90 Å². The summed E-state index contributed by atoms with van der Waals surface area (Å²) in [5.74, 6) is -0.713. The van der Waals surface area contributed by atoms with Gasteiger partial charge in [0, 0.05) is 24.2 Å². The van der Waals surface area contributed by atoms with E-state index >= 15 is 0 Å². The van der Waals surface area contributed by atoms with Crippen molar-refractivity contribution < 1.29 is 24.2 Å². The van der Waals surface area contributed by atoms with E-state index in [4.69, 9.17) is 9.47 Å². The number of fused-ring (bicyclic) bond motifs is 1. The van der Waals surface area contributed by atoms with Crippen molar-refractivity contribution in [2.24, 2.45) is 0 Å². The van der Waals surface area contributed by atoms with E-state index in [-0.39, 0.29) is 24.7 Å². The van der Waals surface area contributed by atoms with E-state index in [1.807, 2.05) is 6.07 Å². The molecule has 1 amide bonds. The summed E-state index contributed by atoms with van der Waals surface area (Å²) in [7, 11) is 0. The summed E-state index contributed by atoms with van der Waals surface area (Å²) in [5.41, 5.74) is 1.66. The molecule has 1 N–H and O–H groups in total. The van der Waals surface area contributed by atoms with Crippen LogP contribution in [0.25, 0.3) is 5.76 Å². The highest BCUT2D eigenvalue weighted by molar-refractivity contribution is 6.46. The molecule has 2 aromatic heterocycles. The van der Waals surface area contributed by atoms with E-state index in [0.717, 1.165) is 0 Å². The van der Waals surface area contributed by atoms with Gasteiger partial charge in [0.05, 0.1) is 23.9 Å². The zero-order chi connectivity index (χ0) is 21.4. The molecule has 2 aliphatic rings. The summed E-state index contributed by atoms with van der Waals surface area (Å²) in [6.07, 6.45) is 4.79. The molecule has 5 rings (SSSR count). The summed E-state index contributed by atoms with van der Waals surface area (Å²) in [6, 6.07) is 12.9. The number of nitrogens with zero attached hydrogens (tertiary/aromatic N) is 3. The quantitative estimate of drug-likeness (QED) is 0.397. The Kier molecular flexibility index (Phi) is 4.59. The SMILES string of the molecule is O=C1C(=O)N(Cc2ccccn2)C(c2ccncc2)/C1=C(/O)c1ccc2c(c1)OCO2. The monoisotopic (exact) mass is 415 g/mol. The largest absolute Gasteiger partial charge is 0.507 e. The van der Waals surface area contributed by atoms with E-state index < -0.39 is 17.7 Å². The molecule has 31 heavy (non-hydrogen) atoms. The maximum Gasteiger partial charge on any atom is 0.296 e. The van der Waals surface area contributed by atoms with E-state index in [9.17, 15) is 14.7 Å². The number of benzene rings is 1. The van der Waals surface area contributed by atoms with Gasteiger partial charge in [-0.15, -0.1) is 0 Å². The zero-order valence-electron chi connectivity index (χ0n) is 16.3. The highest BCUT2D eigenvalue weighted by Crippen LogP contribution is 2.41. The number of aromatic nitrogens is 2. The molecule has 3 aromatic rings. The molecule has 1 aromatic carbocycles. The van der Waals surface area contributed by atoms with Crippen molar-refractivity contribution in [2.75, 3.05) is 6.79 Å². The van der Waals surface area contributed by atoms with Crippen LogP contribution in [0.2, 0.25) is 0 Å². The van der Waals surface area contributed by atoms with Crippen LogP contribution in [0.3, 0.4) is 0 Å². The Morgan fingerprint density at radius 2 is 1.84 bits per heavy atom. The number of pyridine rings is 2. The van der Waals surface area contributed by atoms with Crippen LogP contribution in [0.5, 0.6) is 11.5 Å². The molecule has 0 aliphatic carbocycles. The summed E-state index contributed by atoms with van der Waals surface area (Å²) in [6.45, 7) is 0.210. The Balaban J connectivity index is 1.63. The second kappa shape index (κ2) is 7.56. The Labute approximate surface area is 177 Å². The van der Waals surface area contributed by atoms with Crippen LogP contribution >= 0.6 is 0 Å². The van der Waals surface area contributed by atoms with E-state index in [1.54, 1.807) is 61.1 Å². The highest BCUT2D eigenvalue weighted by atomic mass is 16.7. The predicted octanol–water partition coefficient (Wildman–Crippen LogP) is 2.83. The van der Waals surface area contributed by atoms with Gasteiger partial charge >= 0.3 is 0 Å². The van der Waals surface area contributed by atoms with Gasteiger partial charge in [0.25, 0.3) is 11.7 Å².